The fourth-order valence-corrected chi connectivity index (χ4v) is 6.78. The highest BCUT2D eigenvalue weighted by molar-refractivity contribution is 5.08. The van der Waals surface area contributed by atoms with Gasteiger partial charge in [-0.1, -0.05) is 13.8 Å². The summed E-state index contributed by atoms with van der Waals surface area (Å²) < 4.78 is 6.26. The first-order chi connectivity index (χ1) is 10.4. The van der Waals surface area contributed by atoms with E-state index in [1.165, 1.54) is 19.3 Å². The fraction of sp³-hybridized carbons (Fsp3) is 1.00. The summed E-state index contributed by atoms with van der Waals surface area (Å²) in [5.74, 6) is 2.10. The van der Waals surface area contributed by atoms with E-state index < -0.39 is 0 Å². The van der Waals surface area contributed by atoms with Gasteiger partial charge in [-0.2, -0.15) is 0 Å². The molecule has 1 aliphatic heterocycles. The van der Waals surface area contributed by atoms with Gasteiger partial charge in [-0.25, -0.2) is 0 Å². The fourth-order valence-electron chi connectivity index (χ4n) is 6.78. The summed E-state index contributed by atoms with van der Waals surface area (Å²) in [6.07, 6.45) is 8.58. The lowest BCUT2D eigenvalue weighted by atomic mass is 9.51. The first kappa shape index (κ1) is 15.4. The molecule has 0 aromatic rings. The molecule has 0 radical (unpaired) electrons. The predicted molar refractivity (Wildman–Crippen MR) is 85.4 cm³/mol. The second-order valence-electron chi connectivity index (χ2n) is 9.10. The summed E-state index contributed by atoms with van der Waals surface area (Å²) in [5.41, 5.74) is 0.376. The third-order valence-corrected chi connectivity index (χ3v) is 8.24. The lowest BCUT2D eigenvalue weighted by Crippen LogP contribution is -2.52. The standard InChI is InChI=1S/C19H32O3/c1-18-9-6-15-13(14(18)3-4-16(18)21)7-10-22-17-11-12(20)5-8-19(15,17)2/h12-17,20-21H,3-11H2,1-2H3/t12-,13-,14-,15-,16-,17?,18-,19+/m0/s1. The second-order valence-corrected chi connectivity index (χ2v) is 9.10. The molecule has 1 unspecified atom stereocenters. The molecule has 3 aliphatic carbocycles. The van der Waals surface area contributed by atoms with E-state index in [4.69, 9.17) is 4.74 Å². The van der Waals surface area contributed by atoms with Crippen molar-refractivity contribution in [2.45, 2.75) is 83.5 Å². The molecule has 0 spiro atoms. The van der Waals surface area contributed by atoms with Crippen LogP contribution in [-0.4, -0.2) is 35.1 Å². The van der Waals surface area contributed by atoms with Gasteiger partial charge in [0.1, 0.15) is 0 Å². The zero-order valence-electron chi connectivity index (χ0n) is 14.1. The molecule has 1 saturated heterocycles. The van der Waals surface area contributed by atoms with Crippen LogP contribution < -0.4 is 0 Å². The molecule has 0 amide bonds. The van der Waals surface area contributed by atoms with E-state index in [1.54, 1.807) is 0 Å². The van der Waals surface area contributed by atoms with Gasteiger partial charge in [-0.05, 0) is 73.5 Å². The lowest BCUT2D eigenvalue weighted by molar-refractivity contribution is -0.124. The van der Waals surface area contributed by atoms with Crippen molar-refractivity contribution in [3.8, 4) is 0 Å². The van der Waals surface area contributed by atoms with Crippen LogP contribution in [-0.2, 0) is 4.74 Å². The zero-order valence-corrected chi connectivity index (χ0v) is 14.1. The molecule has 3 heteroatoms. The van der Waals surface area contributed by atoms with E-state index in [1.807, 2.05) is 0 Å². The minimum absolute atomic E-state index is 0.0978. The zero-order chi connectivity index (χ0) is 15.5. The van der Waals surface area contributed by atoms with E-state index in [-0.39, 0.29) is 29.1 Å². The molecule has 4 fully saturated rings. The molecule has 0 bridgehead atoms. The minimum atomic E-state index is -0.170. The Morgan fingerprint density at radius 3 is 2.41 bits per heavy atom. The topological polar surface area (TPSA) is 49.7 Å². The average molecular weight is 308 g/mol. The summed E-state index contributed by atoms with van der Waals surface area (Å²) in [5, 5.41) is 20.6. The maximum Gasteiger partial charge on any atom is 0.0656 e. The number of aliphatic hydroxyl groups excluding tert-OH is 2. The van der Waals surface area contributed by atoms with Gasteiger partial charge in [0.05, 0.1) is 18.3 Å². The summed E-state index contributed by atoms with van der Waals surface area (Å²) in [7, 11) is 0. The van der Waals surface area contributed by atoms with Gasteiger partial charge >= 0.3 is 0 Å². The van der Waals surface area contributed by atoms with Crippen LogP contribution in [0.15, 0.2) is 0 Å². The first-order valence-corrected chi connectivity index (χ1v) is 9.43. The van der Waals surface area contributed by atoms with Gasteiger partial charge in [-0.3, -0.25) is 0 Å². The molecule has 4 rings (SSSR count). The minimum Gasteiger partial charge on any atom is -0.393 e. The van der Waals surface area contributed by atoms with Crippen molar-refractivity contribution in [3.63, 3.8) is 0 Å². The number of rotatable bonds is 0. The van der Waals surface area contributed by atoms with Crippen LogP contribution in [0.25, 0.3) is 0 Å². The van der Waals surface area contributed by atoms with Crippen LogP contribution in [0, 0.1) is 28.6 Å². The van der Waals surface area contributed by atoms with Crippen LogP contribution in [0.2, 0.25) is 0 Å². The van der Waals surface area contributed by atoms with Crippen LogP contribution in [0.5, 0.6) is 0 Å². The molecule has 1 heterocycles. The Balaban J connectivity index is 1.65. The van der Waals surface area contributed by atoms with Crippen molar-refractivity contribution in [3.05, 3.63) is 0 Å². The van der Waals surface area contributed by atoms with Gasteiger partial charge in [-0.15, -0.1) is 0 Å². The van der Waals surface area contributed by atoms with Crippen LogP contribution in [0.1, 0.15) is 65.2 Å². The molecule has 22 heavy (non-hydrogen) atoms. The molecule has 3 saturated carbocycles. The number of hydrogen-bond acceptors (Lipinski definition) is 3. The average Bonchev–Trinajstić information content (AvgIpc) is 2.70. The van der Waals surface area contributed by atoms with Crippen molar-refractivity contribution in [2.75, 3.05) is 6.61 Å². The Hall–Kier alpha value is -0.120. The maximum absolute atomic E-state index is 10.5. The molecule has 4 aliphatic rings. The molecule has 3 nitrogen and oxygen atoms in total. The summed E-state index contributed by atoms with van der Waals surface area (Å²) in [6, 6.07) is 0. The van der Waals surface area contributed by atoms with Crippen LogP contribution in [0.3, 0.4) is 0 Å². The van der Waals surface area contributed by atoms with E-state index in [2.05, 4.69) is 13.8 Å². The van der Waals surface area contributed by atoms with Gasteiger partial charge in [0.25, 0.3) is 0 Å². The Kier molecular flexibility index (Phi) is 3.63. The Labute approximate surface area is 134 Å². The van der Waals surface area contributed by atoms with Gasteiger partial charge in [0.15, 0.2) is 0 Å². The molecular formula is C19H32O3. The van der Waals surface area contributed by atoms with E-state index in [0.717, 1.165) is 44.6 Å². The van der Waals surface area contributed by atoms with Crippen molar-refractivity contribution in [1.29, 1.82) is 0 Å². The Morgan fingerprint density at radius 2 is 1.59 bits per heavy atom. The number of ether oxygens (including phenoxy) is 1. The smallest absolute Gasteiger partial charge is 0.0656 e. The van der Waals surface area contributed by atoms with Gasteiger partial charge in [0, 0.05) is 13.0 Å². The normalized spacial score (nSPS) is 58.4. The summed E-state index contributed by atoms with van der Waals surface area (Å²) in [6.45, 7) is 5.61. The largest absolute Gasteiger partial charge is 0.393 e. The predicted octanol–water partition coefficient (Wildman–Crippen LogP) is 3.13. The Morgan fingerprint density at radius 1 is 0.864 bits per heavy atom. The number of aliphatic hydroxyl groups is 2. The third kappa shape index (κ3) is 2.04. The van der Waals surface area contributed by atoms with E-state index >= 15 is 0 Å². The lowest BCUT2D eigenvalue weighted by Gasteiger charge is -2.55. The highest BCUT2D eigenvalue weighted by Gasteiger charge is 2.59. The molecule has 0 aromatic carbocycles. The highest BCUT2D eigenvalue weighted by Crippen LogP contribution is 2.63. The highest BCUT2D eigenvalue weighted by atomic mass is 16.5. The third-order valence-electron chi connectivity index (χ3n) is 8.24. The molecule has 126 valence electrons. The van der Waals surface area contributed by atoms with Crippen molar-refractivity contribution >= 4 is 0 Å². The van der Waals surface area contributed by atoms with Crippen molar-refractivity contribution in [2.24, 2.45) is 28.6 Å². The number of fused-ring (bicyclic) bond motifs is 5. The quantitative estimate of drug-likeness (QED) is 0.723. The summed E-state index contributed by atoms with van der Waals surface area (Å²) >= 11 is 0. The van der Waals surface area contributed by atoms with Crippen molar-refractivity contribution < 1.29 is 14.9 Å². The monoisotopic (exact) mass is 308 g/mol. The maximum atomic E-state index is 10.5. The van der Waals surface area contributed by atoms with Gasteiger partial charge < -0.3 is 14.9 Å². The van der Waals surface area contributed by atoms with E-state index in [0.29, 0.717) is 11.8 Å². The SMILES string of the molecule is C[C@]12CC[C@H]3[C@@H](CCOC4C[C@@H](O)CC[C@@]43C)[C@@H]1CC[C@@H]2O. The first-order valence-electron chi connectivity index (χ1n) is 9.43. The molecule has 8 atom stereocenters. The summed E-state index contributed by atoms with van der Waals surface area (Å²) in [4.78, 5) is 0. The number of hydrogen-bond donors (Lipinski definition) is 2. The molecular weight excluding hydrogens is 276 g/mol. The molecule has 2 N–H and O–H groups in total. The molecule has 0 aromatic heterocycles. The van der Waals surface area contributed by atoms with Crippen LogP contribution in [0.4, 0.5) is 0 Å². The second kappa shape index (κ2) is 5.19. The van der Waals surface area contributed by atoms with Gasteiger partial charge in [0.2, 0.25) is 0 Å². The van der Waals surface area contributed by atoms with Crippen LogP contribution >= 0.6 is 0 Å². The van der Waals surface area contributed by atoms with E-state index in [9.17, 15) is 10.2 Å². The Bertz CT molecular complexity index is 438. The van der Waals surface area contributed by atoms with Crippen molar-refractivity contribution in [1.82, 2.24) is 0 Å².